The van der Waals surface area contributed by atoms with Gasteiger partial charge in [-0.15, -0.1) is 0 Å². The number of methoxy groups -OCH3 is 1. The molecule has 3 heteroatoms. The van der Waals surface area contributed by atoms with Crippen molar-refractivity contribution < 1.29 is 4.74 Å². The minimum Gasteiger partial charge on any atom is -0.381 e. The molecule has 0 aromatic carbocycles. The van der Waals surface area contributed by atoms with Crippen molar-refractivity contribution in [1.82, 2.24) is 10.2 Å². The molecule has 0 saturated carbocycles. The molecule has 1 aromatic heterocycles. The van der Waals surface area contributed by atoms with E-state index in [1.807, 2.05) is 6.92 Å². The summed E-state index contributed by atoms with van der Waals surface area (Å²) in [5.74, 6) is 0. The van der Waals surface area contributed by atoms with Crippen LogP contribution in [0, 0.1) is 13.8 Å². The number of hydrogen-bond acceptors (Lipinski definition) is 2. The highest BCUT2D eigenvalue weighted by atomic mass is 16.5. The van der Waals surface area contributed by atoms with Gasteiger partial charge in [-0.2, -0.15) is 5.10 Å². The van der Waals surface area contributed by atoms with Gasteiger partial charge in [-0.05, 0) is 25.8 Å². The number of nitrogens with one attached hydrogen (secondary N) is 1. The number of nitrogens with zero attached hydrogens (tertiary/aromatic N) is 1. The van der Waals surface area contributed by atoms with Gasteiger partial charge in [0, 0.05) is 19.2 Å². The van der Waals surface area contributed by atoms with Crippen LogP contribution in [0.25, 0.3) is 0 Å². The average Bonchev–Trinajstić information content (AvgIpc) is 2.45. The lowest BCUT2D eigenvalue weighted by atomic mass is 10.1. The maximum absolute atomic E-state index is 5.31. The minimum atomic E-state index is 0.293. The molecule has 1 unspecified atom stereocenters. The molecule has 3 nitrogen and oxygen atoms in total. The summed E-state index contributed by atoms with van der Waals surface area (Å²) >= 11 is 0. The van der Waals surface area contributed by atoms with Gasteiger partial charge in [0.05, 0.1) is 11.8 Å². The molecule has 0 amide bonds. The van der Waals surface area contributed by atoms with Gasteiger partial charge in [-0.3, -0.25) is 5.10 Å². The van der Waals surface area contributed by atoms with Gasteiger partial charge < -0.3 is 4.74 Å². The van der Waals surface area contributed by atoms with E-state index in [4.69, 9.17) is 4.74 Å². The Labute approximate surface area is 79.5 Å². The fourth-order valence-electron chi connectivity index (χ4n) is 1.34. The zero-order valence-electron chi connectivity index (χ0n) is 8.85. The first kappa shape index (κ1) is 10.3. The molecular weight excluding hydrogens is 164 g/mol. The predicted molar refractivity (Wildman–Crippen MR) is 52.9 cm³/mol. The molecule has 1 atom stereocenters. The molecular formula is C10H18N2O. The molecule has 0 aliphatic rings. The van der Waals surface area contributed by atoms with Crippen LogP contribution in [0.15, 0.2) is 0 Å². The van der Waals surface area contributed by atoms with Gasteiger partial charge in [-0.25, -0.2) is 0 Å². The summed E-state index contributed by atoms with van der Waals surface area (Å²) in [5, 5.41) is 7.23. The lowest BCUT2D eigenvalue weighted by Crippen LogP contribution is -2.13. The molecule has 0 saturated heterocycles. The number of ether oxygens (including phenoxy) is 1. The van der Waals surface area contributed by atoms with E-state index < -0.39 is 0 Å². The molecule has 1 N–H and O–H groups in total. The highest BCUT2D eigenvalue weighted by Crippen LogP contribution is 2.12. The van der Waals surface area contributed by atoms with Gasteiger partial charge >= 0.3 is 0 Å². The van der Waals surface area contributed by atoms with Gasteiger partial charge in [0.25, 0.3) is 0 Å². The Morgan fingerprint density at radius 2 is 2.15 bits per heavy atom. The van der Waals surface area contributed by atoms with Crippen LogP contribution in [0.3, 0.4) is 0 Å². The molecule has 74 valence electrons. The third-order valence-corrected chi connectivity index (χ3v) is 2.56. The molecule has 0 spiro atoms. The van der Waals surface area contributed by atoms with Gasteiger partial charge in [0.2, 0.25) is 0 Å². The van der Waals surface area contributed by atoms with E-state index in [-0.39, 0.29) is 0 Å². The Balaban J connectivity index is 2.67. The Morgan fingerprint density at radius 1 is 1.46 bits per heavy atom. The molecule has 0 fully saturated rings. The van der Waals surface area contributed by atoms with E-state index >= 15 is 0 Å². The number of aromatic amines is 1. The first-order chi connectivity index (χ1) is 6.19. The molecule has 1 heterocycles. The lowest BCUT2D eigenvalue weighted by Gasteiger charge is -2.11. The highest BCUT2D eigenvalue weighted by molar-refractivity contribution is 5.22. The third-order valence-electron chi connectivity index (χ3n) is 2.56. The van der Waals surface area contributed by atoms with Crippen molar-refractivity contribution in [2.75, 3.05) is 7.11 Å². The molecule has 0 aliphatic carbocycles. The smallest absolute Gasteiger partial charge is 0.0679 e. The second kappa shape index (κ2) is 4.42. The summed E-state index contributed by atoms with van der Waals surface area (Å²) in [5.41, 5.74) is 3.54. The zero-order valence-corrected chi connectivity index (χ0v) is 8.85. The second-order valence-electron chi connectivity index (χ2n) is 3.39. The summed E-state index contributed by atoms with van der Waals surface area (Å²) in [7, 11) is 1.75. The van der Waals surface area contributed by atoms with E-state index in [1.165, 1.54) is 5.56 Å². The first-order valence-corrected chi connectivity index (χ1v) is 4.72. The maximum Gasteiger partial charge on any atom is 0.0679 e. The van der Waals surface area contributed by atoms with E-state index in [9.17, 15) is 0 Å². The fraction of sp³-hybridized carbons (Fsp3) is 0.700. The van der Waals surface area contributed by atoms with E-state index in [1.54, 1.807) is 7.11 Å². The molecule has 1 rings (SSSR count). The van der Waals surface area contributed by atoms with Crippen molar-refractivity contribution in [2.45, 2.75) is 39.7 Å². The zero-order chi connectivity index (χ0) is 9.84. The van der Waals surface area contributed by atoms with Crippen molar-refractivity contribution in [3.8, 4) is 0 Å². The molecule has 1 aromatic rings. The summed E-state index contributed by atoms with van der Waals surface area (Å²) in [6.07, 6.45) is 2.23. The SMILES string of the molecule is CCC(Cc1n[nH]c(C)c1C)OC. The summed E-state index contributed by atoms with van der Waals surface area (Å²) in [6.45, 7) is 6.26. The summed E-state index contributed by atoms with van der Waals surface area (Å²) in [4.78, 5) is 0. The number of hydrogen-bond donors (Lipinski definition) is 1. The van der Waals surface area contributed by atoms with Gasteiger partial charge in [-0.1, -0.05) is 6.92 Å². The largest absolute Gasteiger partial charge is 0.381 e. The van der Waals surface area contributed by atoms with E-state index in [0.29, 0.717) is 6.10 Å². The van der Waals surface area contributed by atoms with Crippen molar-refractivity contribution in [3.63, 3.8) is 0 Å². The maximum atomic E-state index is 5.31. The molecule has 0 bridgehead atoms. The summed E-state index contributed by atoms with van der Waals surface area (Å²) in [6, 6.07) is 0. The summed E-state index contributed by atoms with van der Waals surface area (Å²) < 4.78 is 5.31. The van der Waals surface area contributed by atoms with Crippen LogP contribution < -0.4 is 0 Å². The Bertz CT molecular complexity index is 264. The van der Waals surface area contributed by atoms with Crippen molar-refractivity contribution in [2.24, 2.45) is 0 Å². The number of rotatable bonds is 4. The van der Waals surface area contributed by atoms with Crippen LogP contribution in [0.5, 0.6) is 0 Å². The highest BCUT2D eigenvalue weighted by Gasteiger charge is 2.11. The molecule has 0 radical (unpaired) electrons. The monoisotopic (exact) mass is 182 g/mol. The average molecular weight is 182 g/mol. The minimum absolute atomic E-state index is 0.293. The molecule has 13 heavy (non-hydrogen) atoms. The second-order valence-corrected chi connectivity index (χ2v) is 3.39. The Morgan fingerprint density at radius 3 is 2.54 bits per heavy atom. The number of aryl methyl sites for hydroxylation is 1. The van der Waals surface area contributed by atoms with E-state index in [2.05, 4.69) is 24.0 Å². The first-order valence-electron chi connectivity index (χ1n) is 4.72. The van der Waals surface area contributed by atoms with Crippen LogP contribution in [-0.2, 0) is 11.2 Å². The van der Waals surface area contributed by atoms with Gasteiger partial charge in [0.1, 0.15) is 0 Å². The third kappa shape index (κ3) is 2.31. The Kier molecular flexibility index (Phi) is 3.48. The van der Waals surface area contributed by atoms with Crippen LogP contribution >= 0.6 is 0 Å². The van der Waals surface area contributed by atoms with Crippen LogP contribution in [0.2, 0.25) is 0 Å². The fourth-order valence-corrected chi connectivity index (χ4v) is 1.34. The lowest BCUT2D eigenvalue weighted by molar-refractivity contribution is 0.0988. The van der Waals surface area contributed by atoms with Gasteiger partial charge in [0.15, 0.2) is 0 Å². The number of H-pyrrole nitrogens is 1. The predicted octanol–water partition coefficient (Wildman–Crippen LogP) is 1.99. The van der Waals surface area contributed by atoms with Crippen LogP contribution in [-0.4, -0.2) is 23.4 Å². The molecule has 0 aliphatic heterocycles. The van der Waals surface area contributed by atoms with Crippen LogP contribution in [0.4, 0.5) is 0 Å². The van der Waals surface area contributed by atoms with Crippen molar-refractivity contribution in [1.29, 1.82) is 0 Å². The van der Waals surface area contributed by atoms with Crippen molar-refractivity contribution in [3.05, 3.63) is 17.0 Å². The van der Waals surface area contributed by atoms with Crippen molar-refractivity contribution >= 4 is 0 Å². The number of aromatic nitrogens is 2. The van der Waals surface area contributed by atoms with Crippen LogP contribution in [0.1, 0.15) is 30.3 Å². The quantitative estimate of drug-likeness (QED) is 0.773. The topological polar surface area (TPSA) is 37.9 Å². The standard InChI is InChI=1S/C10H18N2O/c1-5-9(13-4)6-10-7(2)8(3)11-12-10/h9H,5-6H2,1-4H3,(H,11,12). The normalized spacial score (nSPS) is 13.2. The van der Waals surface area contributed by atoms with E-state index in [0.717, 1.165) is 24.2 Å². The Hall–Kier alpha value is -0.830.